The number of rotatable bonds is 58. The lowest BCUT2D eigenvalue weighted by Crippen LogP contribution is -2.47. The highest BCUT2D eigenvalue weighted by Crippen LogP contribution is 2.43. The van der Waals surface area contributed by atoms with Gasteiger partial charge in [-0.1, -0.05) is 249 Å². The summed E-state index contributed by atoms with van der Waals surface area (Å²) in [7, 11) is 1.49. The number of unbranched alkanes of at least 4 members (excludes halogenated alkanes) is 34. The molecule has 76 heavy (non-hydrogen) atoms. The molecule has 0 aliphatic carbocycles. The molecule has 0 fully saturated rings. The van der Waals surface area contributed by atoms with Gasteiger partial charge in [0.2, 0.25) is 5.91 Å². The standard InChI is InChI=1S/C66H123N2O7P/c1-7-10-13-16-19-22-25-28-30-32-33-34-35-36-38-41-44-47-50-53-56-59-66(70)75-64(57-54-51-48-45-42-39-27-24-21-18-15-12-9-3)63(62-74-76(71,72)73-61-60-68(4,5)6)67-65(69)58-55-52-49-46-43-40-37-31-29-26-23-20-17-14-11-8-2/h19,22,28,30-31,33-34,37,54,57,63-64H,7-18,20-21,23-27,29,32,35-36,38-53,55-56,58-62H2,1-6H3,(H-,67,69,71,72)/p+1/b22-19-,30-28-,34-33-,37-31+,57-54+. The van der Waals surface area contributed by atoms with Gasteiger partial charge in [-0.25, -0.2) is 4.57 Å². The van der Waals surface area contributed by atoms with E-state index < -0.39 is 20.0 Å². The second kappa shape index (κ2) is 56.0. The van der Waals surface area contributed by atoms with Crippen molar-refractivity contribution in [3.63, 3.8) is 0 Å². The van der Waals surface area contributed by atoms with Crippen molar-refractivity contribution >= 4 is 19.7 Å². The number of esters is 1. The summed E-state index contributed by atoms with van der Waals surface area (Å²) >= 11 is 0. The Hall–Kier alpha value is -2.29. The molecule has 0 saturated heterocycles. The molecule has 0 bridgehead atoms. The van der Waals surface area contributed by atoms with E-state index in [0.717, 1.165) is 103 Å². The van der Waals surface area contributed by atoms with Crippen molar-refractivity contribution in [3.8, 4) is 0 Å². The first-order valence-corrected chi connectivity index (χ1v) is 33.6. The van der Waals surface area contributed by atoms with Crippen molar-refractivity contribution in [2.24, 2.45) is 0 Å². The number of quaternary nitrogens is 1. The van der Waals surface area contributed by atoms with E-state index in [1.165, 1.54) is 161 Å². The second-order valence-electron chi connectivity index (χ2n) is 22.9. The number of hydrogen-bond acceptors (Lipinski definition) is 6. The first-order chi connectivity index (χ1) is 36.9. The molecular formula is C66H124N2O7P+. The molecule has 0 aliphatic rings. The summed E-state index contributed by atoms with van der Waals surface area (Å²) in [6, 6.07) is -0.856. The fourth-order valence-electron chi connectivity index (χ4n) is 9.18. The highest BCUT2D eigenvalue weighted by Gasteiger charge is 2.30. The van der Waals surface area contributed by atoms with Crippen LogP contribution in [0.2, 0.25) is 0 Å². The Bertz CT molecular complexity index is 1490. The number of likely N-dealkylation sites (N-methyl/N-ethyl adjacent to an activating group) is 1. The Balaban J connectivity index is 5.27. The van der Waals surface area contributed by atoms with Gasteiger partial charge in [-0.15, -0.1) is 0 Å². The normalized spacial score (nSPS) is 14.0. The smallest absolute Gasteiger partial charge is 0.456 e. The number of phosphoric acid groups is 1. The molecule has 3 unspecified atom stereocenters. The lowest BCUT2D eigenvalue weighted by molar-refractivity contribution is -0.870. The average molecular weight is 1090 g/mol. The minimum absolute atomic E-state index is 0.0367. The summed E-state index contributed by atoms with van der Waals surface area (Å²) in [5.74, 6) is -0.516. The Morgan fingerprint density at radius 3 is 1.24 bits per heavy atom. The van der Waals surface area contributed by atoms with Gasteiger partial charge in [-0.05, 0) is 96.0 Å². The van der Waals surface area contributed by atoms with Crippen LogP contribution in [0.15, 0.2) is 60.8 Å². The maximum Gasteiger partial charge on any atom is 0.472 e. The van der Waals surface area contributed by atoms with E-state index in [2.05, 4.69) is 74.7 Å². The number of carbonyl (C=O) groups excluding carboxylic acids is 2. The fourth-order valence-corrected chi connectivity index (χ4v) is 9.91. The minimum atomic E-state index is -4.45. The number of amides is 1. The summed E-state index contributed by atoms with van der Waals surface area (Å²) < 4.78 is 30.7. The molecule has 10 heteroatoms. The minimum Gasteiger partial charge on any atom is -0.456 e. The molecule has 0 spiro atoms. The first kappa shape index (κ1) is 73.7. The van der Waals surface area contributed by atoms with Crippen LogP contribution in [-0.2, 0) is 27.9 Å². The third kappa shape index (κ3) is 56.4. The maximum absolute atomic E-state index is 13.5. The predicted octanol–water partition coefficient (Wildman–Crippen LogP) is 19.8. The van der Waals surface area contributed by atoms with E-state index in [1.807, 2.05) is 33.3 Å². The van der Waals surface area contributed by atoms with Crippen LogP contribution in [0.5, 0.6) is 0 Å². The van der Waals surface area contributed by atoms with Crippen molar-refractivity contribution in [2.45, 2.75) is 309 Å². The predicted molar refractivity (Wildman–Crippen MR) is 328 cm³/mol. The average Bonchev–Trinajstić information content (AvgIpc) is 3.38. The van der Waals surface area contributed by atoms with E-state index in [1.54, 1.807) is 0 Å². The van der Waals surface area contributed by atoms with Crippen molar-refractivity contribution in [1.29, 1.82) is 0 Å². The number of allylic oxidation sites excluding steroid dienone is 9. The van der Waals surface area contributed by atoms with Gasteiger partial charge >= 0.3 is 13.8 Å². The highest BCUT2D eigenvalue weighted by molar-refractivity contribution is 7.47. The fraction of sp³-hybridized carbons (Fsp3) is 0.818. The molecule has 0 aromatic rings. The van der Waals surface area contributed by atoms with Crippen LogP contribution in [0.3, 0.4) is 0 Å². The zero-order valence-electron chi connectivity index (χ0n) is 50.7. The SMILES string of the molecule is CCCCC/C=C\C/C=C\C/C=C\CCCCCCCCCCC(=O)OC(/C=C/CCCCCCCCCCCCC)C(COP(=O)(O)OCC[N+](C)(C)C)NC(=O)CCCCCCC/C=C/CCCCCCCCC. The summed E-state index contributed by atoms with van der Waals surface area (Å²) in [6.45, 7) is 6.99. The van der Waals surface area contributed by atoms with Gasteiger partial charge in [-0.3, -0.25) is 18.6 Å². The van der Waals surface area contributed by atoms with Crippen LogP contribution in [-0.4, -0.2) is 74.3 Å². The zero-order valence-corrected chi connectivity index (χ0v) is 51.6. The third-order valence-electron chi connectivity index (χ3n) is 14.2. The maximum atomic E-state index is 13.5. The number of hydrogen-bond donors (Lipinski definition) is 2. The molecule has 0 aliphatic heterocycles. The van der Waals surface area contributed by atoms with Crippen molar-refractivity contribution in [2.75, 3.05) is 40.9 Å². The molecule has 0 aromatic heterocycles. The van der Waals surface area contributed by atoms with E-state index in [9.17, 15) is 19.0 Å². The molecule has 444 valence electrons. The van der Waals surface area contributed by atoms with E-state index in [4.69, 9.17) is 13.8 Å². The molecule has 0 saturated carbocycles. The Morgan fingerprint density at radius 1 is 0.461 bits per heavy atom. The van der Waals surface area contributed by atoms with Gasteiger partial charge in [0.1, 0.15) is 19.3 Å². The topological polar surface area (TPSA) is 111 Å². The third-order valence-corrected chi connectivity index (χ3v) is 15.2. The first-order valence-electron chi connectivity index (χ1n) is 32.1. The monoisotopic (exact) mass is 1090 g/mol. The van der Waals surface area contributed by atoms with Crippen LogP contribution in [0.1, 0.15) is 297 Å². The lowest BCUT2D eigenvalue weighted by Gasteiger charge is -2.27. The van der Waals surface area contributed by atoms with E-state index in [0.29, 0.717) is 17.4 Å². The molecule has 2 N–H and O–H groups in total. The van der Waals surface area contributed by atoms with Crippen LogP contribution >= 0.6 is 7.82 Å². The van der Waals surface area contributed by atoms with E-state index in [-0.39, 0.29) is 31.5 Å². The molecule has 0 heterocycles. The van der Waals surface area contributed by atoms with Crippen molar-refractivity contribution < 1.29 is 37.3 Å². The van der Waals surface area contributed by atoms with Crippen LogP contribution in [0.4, 0.5) is 0 Å². The molecule has 3 atom stereocenters. The lowest BCUT2D eigenvalue weighted by atomic mass is 10.0. The van der Waals surface area contributed by atoms with Gasteiger partial charge < -0.3 is 19.4 Å². The number of carbonyl (C=O) groups is 2. The van der Waals surface area contributed by atoms with Crippen LogP contribution in [0, 0.1) is 0 Å². The number of phosphoric ester groups is 1. The Labute approximate surface area is 471 Å². The molecular weight excluding hydrogens is 964 g/mol. The second-order valence-corrected chi connectivity index (χ2v) is 24.4. The van der Waals surface area contributed by atoms with Crippen LogP contribution in [0.25, 0.3) is 0 Å². The Kier molecular flexibility index (Phi) is 54.3. The molecule has 1 amide bonds. The molecule has 0 radical (unpaired) electrons. The van der Waals surface area contributed by atoms with Gasteiger partial charge in [0.15, 0.2) is 0 Å². The van der Waals surface area contributed by atoms with Gasteiger partial charge in [0.25, 0.3) is 0 Å². The number of nitrogens with one attached hydrogen (secondary N) is 1. The van der Waals surface area contributed by atoms with Crippen molar-refractivity contribution in [1.82, 2.24) is 5.32 Å². The summed E-state index contributed by atoms with van der Waals surface area (Å²) in [6.07, 6.45) is 70.7. The quantitative estimate of drug-likeness (QED) is 0.0205. The molecule has 9 nitrogen and oxygen atoms in total. The van der Waals surface area contributed by atoms with Gasteiger partial charge in [0, 0.05) is 12.8 Å². The molecule has 0 rings (SSSR count). The van der Waals surface area contributed by atoms with E-state index >= 15 is 0 Å². The number of nitrogens with zero attached hydrogens (tertiary/aromatic N) is 1. The molecule has 0 aromatic carbocycles. The summed E-state index contributed by atoms with van der Waals surface area (Å²) in [5.41, 5.74) is 0. The van der Waals surface area contributed by atoms with Gasteiger partial charge in [0.05, 0.1) is 33.8 Å². The highest BCUT2D eigenvalue weighted by atomic mass is 31.2. The zero-order chi connectivity index (χ0) is 55.7. The van der Waals surface area contributed by atoms with Crippen molar-refractivity contribution in [3.05, 3.63) is 60.8 Å². The Morgan fingerprint density at radius 2 is 0.803 bits per heavy atom. The van der Waals surface area contributed by atoms with Gasteiger partial charge in [-0.2, -0.15) is 0 Å². The van der Waals surface area contributed by atoms with Crippen LogP contribution < -0.4 is 5.32 Å². The number of ether oxygens (including phenoxy) is 1. The largest absolute Gasteiger partial charge is 0.472 e. The summed E-state index contributed by atoms with van der Waals surface area (Å²) in [4.78, 5) is 37.8. The summed E-state index contributed by atoms with van der Waals surface area (Å²) in [5, 5.41) is 3.06.